The fraction of sp³-hybridized carbons (Fsp3) is 0.375. The maximum Gasteiger partial charge on any atom is 0.367 e. The number of rotatable bonds is 6. The molecule has 0 amide bonds. The third-order valence-corrected chi connectivity index (χ3v) is 3.25. The fourth-order valence-corrected chi connectivity index (χ4v) is 2.22. The molecule has 0 aromatic heterocycles. The van der Waals surface area contributed by atoms with Crippen LogP contribution in [0.4, 0.5) is 0 Å². The maximum absolute atomic E-state index is 11.8. The minimum absolute atomic E-state index is 0.447. The summed E-state index contributed by atoms with van der Waals surface area (Å²) in [5.74, 6) is 1.10. The molecule has 118 valence electrons. The summed E-state index contributed by atoms with van der Waals surface area (Å²) in [5, 5.41) is 3.81. The fourth-order valence-electron chi connectivity index (χ4n) is 2.22. The molecule has 0 fully saturated rings. The van der Waals surface area contributed by atoms with Gasteiger partial charge in [0, 0.05) is 0 Å². The summed E-state index contributed by atoms with van der Waals surface area (Å²) in [5.41, 5.74) is 1.85. The van der Waals surface area contributed by atoms with Crippen LogP contribution in [-0.4, -0.2) is 33.0 Å². The first-order valence-corrected chi connectivity index (χ1v) is 6.94. The van der Waals surface area contributed by atoms with Gasteiger partial charge in [-0.15, -0.1) is 0 Å². The van der Waals surface area contributed by atoms with Crippen molar-refractivity contribution in [3.8, 4) is 17.2 Å². The van der Waals surface area contributed by atoms with Crippen molar-refractivity contribution in [2.75, 3.05) is 21.3 Å². The van der Waals surface area contributed by atoms with E-state index in [1.54, 1.807) is 39.5 Å². The van der Waals surface area contributed by atoms with Crippen molar-refractivity contribution in [2.24, 2.45) is 5.16 Å². The quantitative estimate of drug-likeness (QED) is 0.597. The zero-order valence-electron chi connectivity index (χ0n) is 13.1. The summed E-state index contributed by atoms with van der Waals surface area (Å²) < 4.78 is 15.9. The number of hydrogen-bond donors (Lipinski definition) is 0. The van der Waals surface area contributed by atoms with Crippen molar-refractivity contribution in [1.82, 2.24) is 0 Å². The molecule has 1 aromatic carbocycles. The van der Waals surface area contributed by atoms with Crippen LogP contribution in [-0.2, 0) is 9.63 Å². The van der Waals surface area contributed by atoms with E-state index in [0.29, 0.717) is 35.0 Å². The number of hydrogen-bond acceptors (Lipinski definition) is 6. The van der Waals surface area contributed by atoms with Gasteiger partial charge in [0.15, 0.2) is 11.5 Å². The van der Waals surface area contributed by atoms with Gasteiger partial charge in [-0.25, -0.2) is 4.79 Å². The molecule has 1 aliphatic heterocycles. The lowest BCUT2D eigenvalue weighted by molar-refractivity contribution is -0.136. The second-order valence-corrected chi connectivity index (χ2v) is 4.68. The number of benzene rings is 1. The van der Waals surface area contributed by atoms with Crippen molar-refractivity contribution in [1.29, 1.82) is 0 Å². The van der Waals surface area contributed by atoms with E-state index in [2.05, 4.69) is 5.16 Å². The van der Waals surface area contributed by atoms with E-state index in [1.165, 1.54) is 0 Å². The number of ether oxygens (including phenoxy) is 3. The molecule has 0 saturated heterocycles. The number of oxime groups is 1. The lowest BCUT2D eigenvalue weighted by atomic mass is 10.0. The second-order valence-electron chi connectivity index (χ2n) is 4.68. The molecule has 6 heteroatoms. The van der Waals surface area contributed by atoms with Crippen LogP contribution < -0.4 is 14.2 Å². The number of carbonyl (C=O) groups excluding carboxylic acids is 1. The molecule has 0 spiro atoms. The van der Waals surface area contributed by atoms with Gasteiger partial charge in [-0.2, -0.15) is 0 Å². The Labute approximate surface area is 129 Å². The van der Waals surface area contributed by atoms with Crippen molar-refractivity contribution in [3.05, 3.63) is 23.3 Å². The van der Waals surface area contributed by atoms with Crippen molar-refractivity contribution in [3.63, 3.8) is 0 Å². The third-order valence-electron chi connectivity index (χ3n) is 3.25. The standard InChI is InChI=1S/C16H19NO5/c1-5-6-12-11(16(18)22-17-12)7-10-8-13(19-2)15(21-4)14(9-10)20-3/h7-9H,5-6H2,1-4H3/b11-7-. The summed E-state index contributed by atoms with van der Waals surface area (Å²) in [6.45, 7) is 2.02. The molecule has 22 heavy (non-hydrogen) atoms. The third kappa shape index (κ3) is 3.05. The van der Waals surface area contributed by atoms with E-state index in [9.17, 15) is 4.79 Å². The van der Waals surface area contributed by atoms with Gasteiger partial charge in [-0.3, -0.25) is 0 Å². The minimum Gasteiger partial charge on any atom is -0.493 e. The van der Waals surface area contributed by atoms with Gasteiger partial charge < -0.3 is 19.0 Å². The zero-order chi connectivity index (χ0) is 16.1. The Morgan fingerprint density at radius 2 is 1.77 bits per heavy atom. The van der Waals surface area contributed by atoms with E-state index in [4.69, 9.17) is 19.0 Å². The Bertz CT molecular complexity index is 608. The van der Waals surface area contributed by atoms with Crippen molar-refractivity contribution >= 4 is 17.8 Å². The Morgan fingerprint density at radius 1 is 1.14 bits per heavy atom. The number of carbonyl (C=O) groups is 1. The molecule has 1 heterocycles. The predicted octanol–water partition coefficient (Wildman–Crippen LogP) is 2.81. The molecule has 0 aliphatic carbocycles. The van der Waals surface area contributed by atoms with Crippen molar-refractivity contribution < 1.29 is 23.8 Å². The molecule has 0 bridgehead atoms. The van der Waals surface area contributed by atoms with Gasteiger partial charge in [0.05, 0.1) is 32.6 Å². The summed E-state index contributed by atoms with van der Waals surface area (Å²) in [4.78, 5) is 16.6. The first kappa shape index (κ1) is 15.9. The molecule has 0 atom stereocenters. The first-order valence-electron chi connectivity index (χ1n) is 6.94. The average molecular weight is 305 g/mol. The molecule has 0 N–H and O–H groups in total. The largest absolute Gasteiger partial charge is 0.493 e. The number of nitrogens with zero attached hydrogens (tertiary/aromatic N) is 1. The zero-order valence-corrected chi connectivity index (χ0v) is 13.1. The van der Waals surface area contributed by atoms with Crippen LogP contribution in [0.1, 0.15) is 25.3 Å². The molecule has 1 aliphatic rings. The molecule has 0 radical (unpaired) electrons. The van der Waals surface area contributed by atoms with Gasteiger partial charge in [0.25, 0.3) is 0 Å². The van der Waals surface area contributed by atoms with E-state index >= 15 is 0 Å². The molecule has 0 unspecified atom stereocenters. The highest BCUT2D eigenvalue weighted by molar-refractivity contribution is 6.25. The van der Waals surface area contributed by atoms with Gasteiger partial charge >= 0.3 is 5.97 Å². The topological polar surface area (TPSA) is 66.4 Å². The number of methoxy groups -OCH3 is 3. The molecular weight excluding hydrogens is 286 g/mol. The Hall–Kier alpha value is -2.50. The van der Waals surface area contributed by atoms with E-state index in [0.717, 1.165) is 12.0 Å². The summed E-state index contributed by atoms with van der Waals surface area (Å²) in [6.07, 6.45) is 3.28. The van der Waals surface area contributed by atoms with E-state index < -0.39 is 5.97 Å². The highest BCUT2D eigenvalue weighted by Crippen LogP contribution is 2.39. The highest BCUT2D eigenvalue weighted by Gasteiger charge is 2.25. The van der Waals surface area contributed by atoms with E-state index in [1.807, 2.05) is 6.92 Å². The first-order chi connectivity index (χ1) is 10.6. The predicted molar refractivity (Wildman–Crippen MR) is 82.5 cm³/mol. The van der Waals surface area contributed by atoms with Gasteiger partial charge in [0.1, 0.15) is 0 Å². The van der Waals surface area contributed by atoms with Crippen LogP contribution in [0.2, 0.25) is 0 Å². The molecule has 6 nitrogen and oxygen atoms in total. The average Bonchev–Trinajstić information content (AvgIpc) is 2.87. The minimum atomic E-state index is -0.447. The summed E-state index contributed by atoms with van der Waals surface area (Å²) in [6, 6.07) is 3.53. The highest BCUT2D eigenvalue weighted by atomic mass is 16.7. The smallest absolute Gasteiger partial charge is 0.367 e. The van der Waals surface area contributed by atoms with Crippen LogP contribution in [0.15, 0.2) is 22.9 Å². The molecule has 1 aromatic rings. The second kappa shape index (κ2) is 6.98. The van der Waals surface area contributed by atoms with Crippen LogP contribution in [0.3, 0.4) is 0 Å². The normalized spacial score (nSPS) is 15.5. The van der Waals surface area contributed by atoms with Crippen LogP contribution in [0.5, 0.6) is 17.2 Å². The Balaban J connectivity index is 2.46. The summed E-state index contributed by atoms with van der Waals surface area (Å²) >= 11 is 0. The maximum atomic E-state index is 11.8. The van der Waals surface area contributed by atoms with Crippen molar-refractivity contribution in [2.45, 2.75) is 19.8 Å². The van der Waals surface area contributed by atoms with Gasteiger partial charge in [-0.05, 0) is 30.2 Å². The Kier molecular flexibility index (Phi) is 5.04. The molecule has 2 rings (SSSR count). The summed E-state index contributed by atoms with van der Waals surface area (Å²) in [7, 11) is 4.63. The Morgan fingerprint density at radius 3 is 2.27 bits per heavy atom. The van der Waals surface area contributed by atoms with Crippen LogP contribution >= 0.6 is 0 Å². The lowest BCUT2D eigenvalue weighted by Gasteiger charge is -2.13. The van der Waals surface area contributed by atoms with Crippen LogP contribution in [0, 0.1) is 0 Å². The lowest BCUT2D eigenvalue weighted by Crippen LogP contribution is -2.05. The molecular formula is C16H19NO5. The van der Waals surface area contributed by atoms with Crippen LogP contribution in [0.25, 0.3) is 6.08 Å². The SMILES string of the molecule is CCCC1=NOC(=O)/C1=C\c1cc(OC)c(OC)c(OC)c1. The monoisotopic (exact) mass is 305 g/mol. The van der Waals surface area contributed by atoms with Gasteiger partial charge in [-0.1, -0.05) is 18.5 Å². The van der Waals surface area contributed by atoms with E-state index in [-0.39, 0.29) is 0 Å². The van der Waals surface area contributed by atoms with Gasteiger partial charge in [0.2, 0.25) is 5.75 Å². The molecule has 0 saturated carbocycles.